The highest BCUT2D eigenvalue weighted by Gasteiger charge is 2.20. The lowest BCUT2D eigenvalue weighted by atomic mass is 10.0. The summed E-state index contributed by atoms with van der Waals surface area (Å²) in [4.78, 5) is 24.5. The summed E-state index contributed by atoms with van der Waals surface area (Å²) in [5.41, 5.74) is 0. The standard InChI is InChI=1S/C60H115NO5/c1-3-5-7-9-11-13-15-17-19-20-21-22-25-28-32-36-40-44-48-52-58(63)57(56-62)61-59(64)53-49-45-41-37-33-29-26-23-27-31-35-39-43-47-51-55-66-60(65)54-50-46-42-38-34-30-24-18-16-14-12-10-8-6-4-2/h12,14,18,24,57-58,62-63H,3-11,13,15-17,19-23,25-56H2,1-2H3,(H,61,64)/b14-12-,24-18-. The number of carbonyl (C=O) groups excluding carboxylic acids is 2. The molecule has 0 bridgehead atoms. The van der Waals surface area contributed by atoms with Crippen molar-refractivity contribution in [3.05, 3.63) is 24.3 Å². The van der Waals surface area contributed by atoms with Crippen molar-refractivity contribution in [1.29, 1.82) is 0 Å². The van der Waals surface area contributed by atoms with E-state index < -0.39 is 12.1 Å². The number of rotatable bonds is 55. The van der Waals surface area contributed by atoms with Crippen molar-refractivity contribution in [1.82, 2.24) is 5.32 Å². The third kappa shape index (κ3) is 51.7. The Hall–Kier alpha value is -1.66. The van der Waals surface area contributed by atoms with Crippen molar-refractivity contribution in [3.8, 4) is 0 Å². The average molecular weight is 931 g/mol. The third-order valence-corrected chi connectivity index (χ3v) is 13.8. The molecule has 0 aliphatic heterocycles. The Balaban J connectivity index is 3.44. The summed E-state index contributed by atoms with van der Waals surface area (Å²) in [6.45, 7) is 4.92. The lowest BCUT2D eigenvalue weighted by Gasteiger charge is -2.22. The predicted octanol–water partition coefficient (Wildman–Crippen LogP) is 18.2. The number of hydrogen-bond acceptors (Lipinski definition) is 5. The fraction of sp³-hybridized carbons (Fsp3) is 0.900. The van der Waals surface area contributed by atoms with Crippen molar-refractivity contribution in [2.75, 3.05) is 13.2 Å². The Labute approximate surface area is 411 Å². The number of aliphatic hydroxyl groups is 2. The SMILES string of the molecule is CCCCC/C=C\C/C=C\CCCCCCCC(=O)OCCCCCCCCCCCCCCCCCC(=O)NC(CO)C(O)CCCCCCCCCCCCCCCCCCCCC. The van der Waals surface area contributed by atoms with Crippen LogP contribution in [0.3, 0.4) is 0 Å². The van der Waals surface area contributed by atoms with Gasteiger partial charge in [-0.1, -0.05) is 276 Å². The Bertz CT molecular complexity index is 1030. The Kier molecular flexibility index (Phi) is 54.5. The summed E-state index contributed by atoms with van der Waals surface area (Å²) < 4.78 is 5.47. The maximum atomic E-state index is 12.5. The molecule has 0 aliphatic rings. The molecular weight excluding hydrogens is 815 g/mol. The van der Waals surface area contributed by atoms with Gasteiger partial charge in [-0.15, -0.1) is 0 Å². The van der Waals surface area contributed by atoms with Crippen LogP contribution >= 0.6 is 0 Å². The lowest BCUT2D eigenvalue weighted by Crippen LogP contribution is -2.45. The van der Waals surface area contributed by atoms with E-state index in [4.69, 9.17) is 4.74 Å². The molecule has 0 aromatic carbocycles. The summed E-state index contributed by atoms with van der Waals surface area (Å²) in [6.07, 6.45) is 67.3. The molecule has 66 heavy (non-hydrogen) atoms. The second-order valence-corrected chi connectivity index (χ2v) is 20.3. The van der Waals surface area contributed by atoms with Crippen LogP contribution in [0.2, 0.25) is 0 Å². The number of unbranched alkanes of at least 4 members (excludes halogenated alkanes) is 40. The molecule has 0 fully saturated rings. The van der Waals surface area contributed by atoms with Gasteiger partial charge in [-0.25, -0.2) is 0 Å². The average Bonchev–Trinajstić information content (AvgIpc) is 3.32. The Morgan fingerprint density at radius 2 is 0.758 bits per heavy atom. The molecule has 0 radical (unpaired) electrons. The van der Waals surface area contributed by atoms with E-state index in [1.807, 2.05) is 0 Å². The molecule has 0 aliphatic carbocycles. The fourth-order valence-electron chi connectivity index (χ4n) is 9.20. The van der Waals surface area contributed by atoms with E-state index in [1.165, 1.54) is 231 Å². The molecule has 3 N–H and O–H groups in total. The van der Waals surface area contributed by atoms with Gasteiger partial charge in [0.1, 0.15) is 0 Å². The first-order chi connectivity index (χ1) is 32.5. The zero-order valence-electron chi connectivity index (χ0n) is 44.4. The van der Waals surface area contributed by atoms with Crippen molar-refractivity contribution in [3.63, 3.8) is 0 Å². The second kappa shape index (κ2) is 55.9. The van der Waals surface area contributed by atoms with Gasteiger partial charge in [0.05, 0.1) is 25.4 Å². The molecule has 0 spiro atoms. The minimum absolute atomic E-state index is 0.0127. The van der Waals surface area contributed by atoms with Crippen molar-refractivity contribution < 1.29 is 24.5 Å². The van der Waals surface area contributed by atoms with Crippen LogP contribution in [-0.4, -0.2) is 47.4 Å². The monoisotopic (exact) mass is 930 g/mol. The van der Waals surface area contributed by atoms with Crippen LogP contribution in [0.4, 0.5) is 0 Å². The molecule has 0 rings (SSSR count). The number of ether oxygens (including phenoxy) is 1. The first kappa shape index (κ1) is 64.3. The van der Waals surface area contributed by atoms with Gasteiger partial charge in [-0.05, 0) is 57.8 Å². The molecule has 6 nitrogen and oxygen atoms in total. The molecule has 2 atom stereocenters. The highest BCUT2D eigenvalue weighted by Crippen LogP contribution is 2.18. The van der Waals surface area contributed by atoms with Crippen molar-refractivity contribution in [2.45, 2.75) is 334 Å². The highest BCUT2D eigenvalue weighted by molar-refractivity contribution is 5.76. The number of esters is 1. The summed E-state index contributed by atoms with van der Waals surface area (Å²) in [5, 5.41) is 23.3. The quantitative estimate of drug-likeness (QED) is 0.0321. The normalized spacial score (nSPS) is 12.7. The van der Waals surface area contributed by atoms with E-state index in [-0.39, 0.29) is 18.5 Å². The van der Waals surface area contributed by atoms with Crippen LogP contribution in [0.25, 0.3) is 0 Å². The summed E-state index contributed by atoms with van der Waals surface area (Å²) in [7, 11) is 0. The number of nitrogens with one attached hydrogen (secondary N) is 1. The van der Waals surface area contributed by atoms with Crippen LogP contribution < -0.4 is 5.32 Å². The maximum absolute atomic E-state index is 12.5. The molecule has 2 unspecified atom stereocenters. The smallest absolute Gasteiger partial charge is 0.305 e. The van der Waals surface area contributed by atoms with Crippen molar-refractivity contribution in [2.24, 2.45) is 0 Å². The Morgan fingerprint density at radius 1 is 0.424 bits per heavy atom. The first-order valence-corrected chi connectivity index (χ1v) is 29.6. The number of allylic oxidation sites excluding steroid dienone is 4. The van der Waals surface area contributed by atoms with Gasteiger partial charge in [-0.3, -0.25) is 9.59 Å². The van der Waals surface area contributed by atoms with Gasteiger partial charge in [-0.2, -0.15) is 0 Å². The zero-order valence-corrected chi connectivity index (χ0v) is 44.4. The zero-order chi connectivity index (χ0) is 47.9. The van der Waals surface area contributed by atoms with Crippen LogP contribution in [0.15, 0.2) is 24.3 Å². The van der Waals surface area contributed by atoms with E-state index >= 15 is 0 Å². The molecule has 0 aromatic heterocycles. The fourth-order valence-corrected chi connectivity index (χ4v) is 9.20. The highest BCUT2D eigenvalue weighted by atomic mass is 16.5. The lowest BCUT2D eigenvalue weighted by molar-refractivity contribution is -0.143. The molecular formula is C60H115NO5. The Morgan fingerprint density at radius 3 is 1.18 bits per heavy atom. The van der Waals surface area contributed by atoms with E-state index in [9.17, 15) is 19.8 Å². The number of carbonyl (C=O) groups is 2. The van der Waals surface area contributed by atoms with Crippen LogP contribution in [0.5, 0.6) is 0 Å². The molecule has 0 aromatic rings. The maximum Gasteiger partial charge on any atom is 0.305 e. The predicted molar refractivity (Wildman–Crippen MR) is 287 cm³/mol. The molecule has 0 saturated heterocycles. The minimum Gasteiger partial charge on any atom is -0.466 e. The van der Waals surface area contributed by atoms with Gasteiger partial charge in [0.2, 0.25) is 5.91 Å². The number of hydrogen-bond donors (Lipinski definition) is 3. The van der Waals surface area contributed by atoms with Gasteiger partial charge in [0.15, 0.2) is 0 Å². The van der Waals surface area contributed by atoms with E-state index in [0.29, 0.717) is 25.9 Å². The first-order valence-electron chi connectivity index (χ1n) is 29.6. The summed E-state index contributed by atoms with van der Waals surface area (Å²) in [5.74, 6) is -0.0541. The third-order valence-electron chi connectivity index (χ3n) is 13.8. The minimum atomic E-state index is -0.671. The van der Waals surface area contributed by atoms with E-state index in [0.717, 1.165) is 57.8 Å². The van der Waals surface area contributed by atoms with Crippen LogP contribution in [0.1, 0.15) is 322 Å². The summed E-state index contributed by atoms with van der Waals surface area (Å²) >= 11 is 0. The van der Waals surface area contributed by atoms with E-state index in [2.05, 4.69) is 43.5 Å². The van der Waals surface area contributed by atoms with Gasteiger partial charge in [0.25, 0.3) is 0 Å². The van der Waals surface area contributed by atoms with Crippen LogP contribution in [0, 0.1) is 0 Å². The largest absolute Gasteiger partial charge is 0.466 e. The van der Waals surface area contributed by atoms with Crippen molar-refractivity contribution >= 4 is 11.9 Å². The van der Waals surface area contributed by atoms with Gasteiger partial charge >= 0.3 is 5.97 Å². The summed E-state index contributed by atoms with van der Waals surface area (Å²) in [6, 6.07) is -0.549. The second-order valence-electron chi connectivity index (χ2n) is 20.3. The molecule has 0 saturated carbocycles. The van der Waals surface area contributed by atoms with E-state index in [1.54, 1.807) is 0 Å². The number of aliphatic hydroxyl groups excluding tert-OH is 2. The van der Waals surface area contributed by atoms with Crippen LogP contribution in [-0.2, 0) is 14.3 Å². The number of amides is 1. The molecule has 390 valence electrons. The molecule has 0 heterocycles. The van der Waals surface area contributed by atoms with Gasteiger partial charge in [0, 0.05) is 12.8 Å². The topological polar surface area (TPSA) is 95.9 Å². The molecule has 6 heteroatoms. The molecule has 1 amide bonds. The van der Waals surface area contributed by atoms with Gasteiger partial charge < -0.3 is 20.3 Å².